The van der Waals surface area contributed by atoms with E-state index in [4.69, 9.17) is 23.2 Å². The van der Waals surface area contributed by atoms with Crippen LogP contribution in [0.1, 0.15) is 23.9 Å². The fourth-order valence-corrected chi connectivity index (χ4v) is 2.27. The summed E-state index contributed by atoms with van der Waals surface area (Å²) in [6, 6.07) is 5.28. The number of aryl methyl sites for hydroxylation is 2. The third-order valence-corrected chi connectivity index (χ3v) is 3.74. The molecule has 3 nitrogen and oxygen atoms in total. The molecule has 1 unspecified atom stereocenters. The maximum absolute atomic E-state index is 10.1. The van der Waals surface area contributed by atoms with Crippen molar-refractivity contribution in [3.8, 4) is 0 Å². The van der Waals surface area contributed by atoms with Crippen LogP contribution >= 0.6 is 23.2 Å². The molecule has 2 rings (SSSR count). The zero-order valence-corrected chi connectivity index (χ0v) is 11.5. The topological polar surface area (TPSA) is 38.0 Å². The van der Waals surface area contributed by atoms with Gasteiger partial charge in [-0.05, 0) is 12.5 Å². The number of aliphatic hydroxyl groups excluding tert-OH is 1. The lowest BCUT2D eigenvalue weighted by Crippen LogP contribution is -2.04. The average Bonchev–Trinajstić information content (AvgIpc) is 2.75. The van der Waals surface area contributed by atoms with Gasteiger partial charge in [-0.1, -0.05) is 35.3 Å². The highest BCUT2D eigenvalue weighted by molar-refractivity contribution is 6.42. The summed E-state index contributed by atoms with van der Waals surface area (Å²) in [6.07, 6.45) is 4.24. The molecule has 1 aromatic heterocycles. The summed E-state index contributed by atoms with van der Waals surface area (Å²) < 4.78 is 1.94. The third-order valence-electron chi connectivity index (χ3n) is 2.90. The first-order valence-electron chi connectivity index (χ1n) is 5.67. The quantitative estimate of drug-likeness (QED) is 0.935. The van der Waals surface area contributed by atoms with Crippen LogP contribution < -0.4 is 0 Å². The van der Waals surface area contributed by atoms with Crippen LogP contribution in [0.15, 0.2) is 30.6 Å². The fraction of sp³-hybridized carbons (Fsp3) is 0.308. The summed E-state index contributed by atoms with van der Waals surface area (Å²) >= 11 is 12.0. The minimum absolute atomic E-state index is 0.423. The van der Waals surface area contributed by atoms with Gasteiger partial charge >= 0.3 is 0 Å². The molecule has 0 fully saturated rings. The number of aromatic nitrogens is 2. The summed E-state index contributed by atoms with van der Waals surface area (Å²) in [5.74, 6) is 0.937. The van der Waals surface area contributed by atoms with Crippen LogP contribution in [0.3, 0.4) is 0 Å². The summed E-state index contributed by atoms with van der Waals surface area (Å²) in [5.41, 5.74) is 0.665. The van der Waals surface area contributed by atoms with Gasteiger partial charge < -0.3 is 9.67 Å². The Kier molecular flexibility index (Phi) is 4.27. The maximum atomic E-state index is 10.1. The number of imidazole rings is 1. The van der Waals surface area contributed by atoms with E-state index in [9.17, 15) is 5.11 Å². The van der Waals surface area contributed by atoms with E-state index in [-0.39, 0.29) is 0 Å². The van der Waals surface area contributed by atoms with Crippen molar-refractivity contribution >= 4 is 23.2 Å². The molecule has 1 aromatic carbocycles. The standard InChI is InChI=1S/C13H14Cl2N2O/c1-17-8-7-16-12(17)6-5-11(18)9-3-2-4-10(14)13(9)15/h2-4,7-8,11,18H,5-6H2,1H3. The third kappa shape index (κ3) is 2.86. The molecule has 0 aliphatic carbocycles. The molecule has 0 saturated heterocycles. The second-order valence-corrected chi connectivity index (χ2v) is 4.94. The highest BCUT2D eigenvalue weighted by Crippen LogP contribution is 2.31. The van der Waals surface area contributed by atoms with Crippen LogP contribution in [-0.4, -0.2) is 14.7 Å². The molecule has 0 amide bonds. The zero-order valence-electron chi connectivity index (χ0n) is 9.98. The molecule has 2 aromatic rings. The lowest BCUT2D eigenvalue weighted by molar-refractivity contribution is 0.167. The van der Waals surface area contributed by atoms with Gasteiger partial charge in [-0.3, -0.25) is 0 Å². The number of benzene rings is 1. The molecule has 1 N–H and O–H groups in total. The molecule has 5 heteroatoms. The van der Waals surface area contributed by atoms with Crippen LogP contribution in [0.25, 0.3) is 0 Å². The van der Waals surface area contributed by atoms with Gasteiger partial charge in [0.25, 0.3) is 0 Å². The minimum atomic E-state index is -0.632. The summed E-state index contributed by atoms with van der Waals surface area (Å²) in [7, 11) is 1.93. The van der Waals surface area contributed by atoms with Crippen molar-refractivity contribution in [1.82, 2.24) is 9.55 Å². The van der Waals surface area contributed by atoms with E-state index in [1.54, 1.807) is 24.4 Å². The van der Waals surface area contributed by atoms with Crippen LogP contribution in [-0.2, 0) is 13.5 Å². The van der Waals surface area contributed by atoms with E-state index in [1.165, 1.54) is 0 Å². The zero-order chi connectivity index (χ0) is 13.1. The smallest absolute Gasteiger partial charge is 0.108 e. The number of aliphatic hydroxyl groups is 1. The summed E-state index contributed by atoms with van der Waals surface area (Å²) in [4.78, 5) is 4.21. The molecule has 0 aliphatic heterocycles. The predicted octanol–water partition coefficient (Wildman–Crippen LogP) is 3.39. The van der Waals surface area contributed by atoms with Crippen molar-refractivity contribution in [1.29, 1.82) is 0 Å². The van der Waals surface area contributed by atoms with Gasteiger partial charge in [0.15, 0.2) is 0 Å². The van der Waals surface area contributed by atoms with E-state index in [1.807, 2.05) is 17.8 Å². The van der Waals surface area contributed by atoms with Gasteiger partial charge in [0.1, 0.15) is 5.82 Å². The van der Waals surface area contributed by atoms with Crippen molar-refractivity contribution in [2.45, 2.75) is 18.9 Å². The van der Waals surface area contributed by atoms with Gasteiger partial charge in [0.2, 0.25) is 0 Å². The first-order valence-corrected chi connectivity index (χ1v) is 6.43. The molecule has 18 heavy (non-hydrogen) atoms. The molecule has 0 aliphatic rings. The summed E-state index contributed by atoms with van der Waals surface area (Å²) in [5, 5.41) is 11.0. The molecule has 0 spiro atoms. The molecule has 0 bridgehead atoms. The molecule has 1 atom stereocenters. The van der Waals surface area contributed by atoms with Crippen LogP contribution in [0, 0.1) is 0 Å². The van der Waals surface area contributed by atoms with E-state index < -0.39 is 6.10 Å². The van der Waals surface area contributed by atoms with E-state index in [0.29, 0.717) is 28.5 Å². The number of nitrogens with zero attached hydrogens (tertiary/aromatic N) is 2. The van der Waals surface area contributed by atoms with Crippen LogP contribution in [0.4, 0.5) is 0 Å². The largest absolute Gasteiger partial charge is 0.388 e. The van der Waals surface area contributed by atoms with Crippen molar-refractivity contribution in [2.24, 2.45) is 7.05 Å². The van der Waals surface area contributed by atoms with E-state index >= 15 is 0 Å². The van der Waals surface area contributed by atoms with Gasteiger partial charge in [0.05, 0.1) is 16.1 Å². The first-order chi connectivity index (χ1) is 8.59. The monoisotopic (exact) mass is 284 g/mol. The molecule has 1 heterocycles. The SMILES string of the molecule is Cn1ccnc1CCC(O)c1cccc(Cl)c1Cl. The van der Waals surface area contributed by atoms with Gasteiger partial charge in [-0.25, -0.2) is 4.98 Å². The number of hydrogen-bond donors (Lipinski definition) is 1. The number of halogens is 2. The van der Waals surface area contributed by atoms with Crippen molar-refractivity contribution in [3.05, 3.63) is 52.0 Å². The second kappa shape index (κ2) is 5.74. The Morgan fingerprint density at radius 2 is 2.17 bits per heavy atom. The van der Waals surface area contributed by atoms with Crippen molar-refractivity contribution in [3.63, 3.8) is 0 Å². The predicted molar refractivity (Wildman–Crippen MR) is 73.0 cm³/mol. The molecular formula is C13H14Cl2N2O. The van der Waals surface area contributed by atoms with Crippen LogP contribution in [0.5, 0.6) is 0 Å². The molecule has 96 valence electrons. The molecular weight excluding hydrogens is 271 g/mol. The van der Waals surface area contributed by atoms with Crippen molar-refractivity contribution < 1.29 is 5.11 Å². The minimum Gasteiger partial charge on any atom is -0.388 e. The number of rotatable bonds is 4. The lowest BCUT2D eigenvalue weighted by Gasteiger charge is -2.13. The highest BCUT2D eigenvalue weighted by atomic mass is 35.5. The first kappa shape index (κ1) is 13.4. The molecule has 0 saturated carbocycles. The Bertz CT molecular complexity index is 540. The Morgan fingerprint density at radius 1 is 1.39 bits per heavy atom. The van der Waals surface area contributed by atoms with E-state index in [2.05, 4.69) is 4.98 Å². The van der Waals surface area contributed by atoms with E-state index in [0.717, 1.165) is 5.82 Å². The number of hydrogen-bond acceptors (Lipinski definition) is 2. The van der Waals surface area contributed by atoms with Gasteiger partial charge in [-0.15, -0.1) is 0 Å². The van der Waals surface area contributed by atoms with Crippen molar-refractivity contribution in [2.75, 3.05) is 0 Å². The second-order valence-electron chi connectivity index (χ2n) is 4.15. The average molecular weight is 285 g/mol. The van der Waals surface area contributed by atoms with Gasteiger partial charge in [-0.2, -0.15) is 0 Å². The Morgan fingerprint density at radius 3 is 2.83 bits per heavy atom. The Hall–Kier alpha value is -1.03. The summed E-state index contributed by atoms with van der Waals surface area (Å²) in [6.45, 7) is 0. The molecule has 0 radical (unpaired) electrons. The van der Waals surface area contributed by atoms with Crippen LogP contribution in [0.2, 0.25) is 10.0 Å². The Labute approximate surface area is 116 Å². The Balaban J connectivity index is 2.06. The maximum Gasteiger partial charge on any atom is 0.108 e. The van der Waals surface area contributed by atoms with Gasteiger partial charge in [0, 0.05) is 31.4 Å². The lowest BCUT2D eigenvalue weighted by atomic mass is 10.0. The normalized spacial score (nSPS) is 12.7. The highest BCUT2D eigenvalue weighted by Gasteiger charge is 2.14. The fourth-order valence-electron chi connectivity index (χ4n) is 1.84.